The molecule has 0 radical (unpaired) electrons. The molecule has 1 unspecified atom stereocenters. The van der Waals surface area contributed by atoms with Gasteiger partial charge < -0.3 is 15.0 Å². The number of likely N-dealkylation sites (tertiary alicyclic amines) is 1. The Kier molecular flexibility index (Phi) is 6.59. The lowest BCUT2D eigenvalue weighted by molar-refractivity contribution is -0.153. The molecule has 1 fully saturated rings. The Bertz CT molecular complexity index is 900. The number of rotatable bonds is 5. The molecule has 1 heterocycles. The molecule has 30 heavy (non-hydrogen) atoms. The number of benzene rings is 2. The van der Waals surface area contributed by atoms with Gasteiger partial charge >= 0.3 is 6.18 Å². The predicted molar refractivity (Wildman–Crippen MR) is 102 cm³/mol. The molecule has 2 aromatic rings. The summed E-state index contributed by atoms with van der Waals surface area (Å²) in [7, 11) is 0. The van der Waals surface area contributed by atoms with Crippen LogP contribution in [0.2, 0.25) is 0 Å². The molecule has 2 aromatic carbocycles. The maximum absolute atomic E-state index is 13.1. The number of halogens is 4. The summed E-state index contributed by atoms with van der Waals surface area (Å²) < 4.78 is 55.2. The van der Waals surface area contributed by atoms with Crippen molar-refractivity contribution < 1.29 is 31.9 Å². The summed E-state index contributed by atoms with van der Waals surface area (Å²) >= 11 is 0. The van der Waals surface area contributed by atoms with Crippen LogP contribution in [0.4, 0.5) is 23.2 Å². The zero-order chi connectivity index (χ0) is 21.7. The molecule has 160 valence electrons. The largest absolute Gasteiger partial charge is 0.482 e. The zero-order valence-electron chi connectivity index (χ0n) is 15.9. The molecule has 3 rings (SSSR count). The highest BCUT2D eigenvalue weighted by Gasteiger charge is 2.31. The maximum Gasteiger partial charge on any atom is 0.422 e. The van der Waals surface area contributed by atoms with E-state index in [1.807, 2.05) is 0 Å². The van der Waals surface area contributed by atoms with Crippen LogP contribution in [0.3, 0.4) is 0 Å². The number of anilines is 1. The van der Waals surface area contributed by atoms with Crippen LogP contribution in [0.25, 0.3) is 0 Å². The third-order valence-corrected chi connectivity index (χ3v) is 4.71. The van der Waals surface area contributed by atoms with E-state index in [1.54, 1.807) is 6.07 Å². The van der Waals surface area contributed by atoms with Crippen molar-refractivity contribution in [3.8, 4) is 5.75 Å². The summed E-state index contributed by atoms with van der Waals surface area (Å²) in [5.41, 5.74) is 0.456. The second kappa shape index (κ2) is 9.15. The van der Waals surface area contributed by atoms with Gasteiger partial charge in [0, 0.05) is 18.7 Å². The summed E-state index contributed by atoms with van der Waals surface area (Å²) in [5.74, 6) is -1.78. The topological polar surface area (TPSA) is 58.6 Å². The molecule has 0 aromatic heterocycles. The quantitative estimate of drug-likeness (QED) is 0.730. The van der Waals surface area contributed by atoms with E-state index in [9.17, 15) is 27.2 Å². The minimum Gasteiger partial charge on any atom is -0.482 e. The third-order valence-electron chi connectivity index (χ3n) is 4.71. The van der Waals surface area contributed by atoms with Crippen LogP contribution >= 0.6 is 0 Å². The average Bonchev–Trinajstić information content (AvgIpc) is 2.72. The summed E-state index contributed by atoms with van der Waals surface area (Å²) in [4.78, 5) is 26.8. The Balaban J connectivity index is 1.64. The molecule has 0 spiro atoms. The van der Waals surface area contributed by atoms with Gasteiger partial charge in [-0.05, 0) is 49.2 Å². The molecule has 0 saturated carbocycles. The number of piperidine rings is 1. The van der Waals surface area contributed by atoms with Gasteiger partial charge in [0.1, 0.15) is 11.6 Å². The molecule has 1 aliphatic rings. The Labute approximate surface area is 170 Å². The first-order chi connectivity index (χ1) is 14.2. The number of carbonyl (C=O) groups excluding carboxylic acids is 2. The lowest BCUT2D eigenvalue weighted by atomic mass is 9.96. The van der Waals surface area contributed by atoms with Crippen LogP contribution in [0.15, 0.2) is 48.5 Å². The van der Waals surface area contributed by atoms with Crippen LogP contribution in [-0.4, -0.2) is 42.6 Å². The van der Waals surface area contributed by atoms with Crippen molar-refractivity contribution in [2.75, 3.05) is 25.0 Å². The highest BCUT2D eigenvalue weighted by atomic mass is 19.4. The van der Waals surface area contributed by atoms with Gasteiger partial charge in [-0.15, -0.1) is 0 Å². The highest BCUT2D eigenvalue weighted by Crippen LogP contribution is 2.28. The van der Waals surface area contributed by atoms with E-state index in [-0.39, 0.29) is 23.9 Å². The van der Waals surface area contributed by atoms with Crippen LogP contribution in [-0.2, 0) is 4.79 Å². The van der Waals surface area contributed by atoms with Crippen molar-refractivity contribution in [2.24, 2.45) is 5.92 Å². The third kappa shape index (κ3) is 5.71. The lowest BCUT2D eigenvalue weighted by Gasteiger charge is -2.32. The van der Waals surface area contributed by atoms with Crippen molar-refractivity contribution in [2.45, 2.75) is 19.0 Å². The fourth-order valence-electron chi connectivity index (χ4n) is 3.24. The van der Waals surface area contributed by atoms with Gasteiger partial charge in [-0.3, -0.25) is 9.59 Å². The number of hydrogen-bond acceptors (Lipinski definition) is 3. The molecule has 0 bridgehead atoms. The molecular formula is C21H20F4N2O3. The van der Waals surface area contributed by atoms with E-state index < -0.39 is 30.4 Å². The SMILES string of the molecule is O=C(Nc1ccccc1OCC(F)(F)F)C1CCCN(C(=O)c2ccc(F)cc2)C1. The van der Waals surface area contributed by atoms with Gasteiger partial charge in [0.05, 0.1) is 11.6 Å². The first-order valence-electron chi connectivity index (χ1n) is 9.37. The zero-order valence-corrected chi connectivity index (χ0v) is 15.9. The Morgan fingerprint density at radius 3 is 2.50 bits per heavy atom. The van der Waals surface area contributed by atoms with E-state index >= 15 is 0 Å². The molecule has 1 N–H and O–H groups in total. The van der Waals surface area contributed by atoms with Crippen LogP contribution in [0.1, 0.15) is 23.2 Å². The van der Waals surface area contributed by atoms with Gasteiger partial charge in [-0.1, -0.05) is 12.1 Å². The molecular weight excluding hydrogens is 404 g/mol. The van der Waals surface area contributed by atoms with Crippen molar-refractivity contribution in [1.82, 2.24) is 4.90 Å². The van der Waals surface area contributed by atoms with Crippen molar-refractivity contribution in [1.29, 1.82) is 0 Å². The van der Waals surface area contributed by atoms with Gasteiger partial charge in [0.25, 0.3) is 5.91 Å². The first kappa shape index (κ1) is 21.6. The lowest BCUT2D eigenvalue weighted by Crippen LogP contribution is -2.43. The van der Waals surface area contributed by atoms with E-state index in [0.29, 0.717) is 24.9 Å². The van der Waals surface area contributed by atoms with Crippen molar-refractivity contribution in [3.05, 3.63) is 59.9 Å². The van der Waals surface area contributed by atoms with Gasteiger partial charge in [-0.2, -0.15) is 13.2 Å². The fourth-order valence-corrected chi connectivity index (χ4v) is 3.24. The standard InChI is InChI=1S/C21H20F4N2O3/c22-16-9-7-14(8-10-16)20(29)27-11-3-4-15(12-27)19(28)26-17-5-1-2-6-18(17)30-13-21(23,24)25/h1-2,5-10,15H,3-4,11-13H2,(H,26,28). The number of alkyl halides is 3. The predicted octanol–water partition coefficient (Wildman–Crippen LogP) is 4.26. The maximum atomic E-state index is 13.1. The summed E-state index contributed by atoms with van der Waals surface area (Å²) in [6, 6.07) is 11.0. The number of amides is 2. The fraction of sp³-hybridized carbons (Fsp3) is 0.333. The van der Waals surface area contributed by atoms with E-state index in [2.05, 4.69) is 5.32 Å². The minimum absolute atomic E-state index is 0.0850. The molecule has 9 heteroatoms. The van der Waals surface area contributed by atoms with Gasteiger partial charge in [-0.25, -0.2) is 4.39 Å². The van der Waals surface area contributed by atoms with Crippen LogP contribution in [0, 0.1) is 11.7 Å². The van der Waals surface area contributed by atoms with Gasteiger partial charge in [0.15, 0.2) is 6.61 Å². The second-order valence-electron chi connectivity index (χ2n) is 6.99. The molecule has 1 atom stereocenters. The average molecular weight is 424 g/mol. The molecule has 5 nitrogen and oxygen atoms in total. The summed E-state index contributed by atoms with van der Waals surface area (Å²) in [6.07, 6.45) is -3.37. The smallest absolute Gasteiger partial charge is 0.422 e. The van der Waals surface area contributed by atoms with Crippen LogP contribution < -0.4 is 10.1 Å². The number of nitrogens with one attached hydrogen (secondary N) is 1. The monoisotopic (exact) mass is 424 g/mol. The number of carbonyl (C=O) groups is 2. The number of ether oxygens (including phenoxy) is 1. The normalized spacial score (nSPS) is 16.8. The molecule has 0 aliphatic carbocycles. The molecule has 1 aliphatic heterocycles. The van der Waals surface area contributed by atoms with E-state index in [4.69, 9.17) is 4.74 Å². The second-order valence-corrected chi connectivity index (χ2v) is 6.99. The number of hydrogen-bond donors (Lipinski definition) is 1. The van der Waals surface area contributed by atoms with E-state index in [1.165, 1.54) is 47.4 Å². The summed E-state index contributed by atoms with van der Waals surface area (Å²) in [5, 5.41) is 2.60. The highest BCUT2D eigenvalue weighted by molar-refractivity contribution is 5.96. The summed E-state index contributed by atoms with van der Waals surface area (Å²) in [6.45, 7) is -0.845. The minimum atomic E-state index is -4.50. The molecule has 1 saturated heterocycles. The van der Waals surface area contributed by atoms with Gasteiger partial charge in [0.2, 0.25) is 5.91 Å². The first-order valence-corrected chi connectivity index (χ1v) is 9.37. The Morgan fingerprint density at radius 2 is 1.80 bits per heavy atom. The Hall–Kier alpha value is -3.10. The van der Waals surface area contributed by atoms with Crippen LogP contribution in [0.5, 0.6) is 5.75 Å². The number of para-hydroxylation sites is 2. The molecule has 2 amide bonds. The van der Waals surface area contributed by atoms with Crippen molar-refractivity contribution in [3.63, 3.8) is 0 Å². The number of nitrogens with zero attached hydrogens (tertiary/aromatic N) is 1. The Morgan fingerprint density at radius 1 is 1.10 bits per heavy atom. The van der Waals surface area contributed by atoms with E-state index in [0.717, 1.165) is 0 Å². The van der Waals surface area contributed by atoms with Crippen molar-refractivity contribution >= 4 is 17.5 Å².